The van der Waals surface area contributed by atoms with Crippen LogP contribution < -0.4 is 10.2 Å². The maximum absolute atomic E-state index is 12.2. The molecule has 2 rings (SSSR count). The first-order chi connectivity index (χ1) is 9.16. The number of carbonyl (C=O) groups is 1. The van der Waals surface area contributed by atoms with Crippen molar-refractivity contribution in [1.82, 2.24) is 5.32 Å². The summed E-state index contributed by atoms with van der Waals surface area (Å²) in [7, 11) is 1.87. The van der Waals surface area contributed by atoms with Crippen molar-refractivity contribution in [2.75, 3.05) is 25.0 Å². The average Bonchev–Trinajstić information content (AvgIpc) is 2.46. The summed E-state index contributed by atoms with van der Waals surface area (Å²) in [4.78, 5) is 14.0. The smallest absolute Gasteiger partial charge is 0.226 e. The van der Waals surface area contributed by atoms with Crippen molar-refractivity contribution < 1.29 is 4.79 Å². The lowest BCUT2D eigenvalue weighted by Gasteiger charge is -2.23. The molecule has 1 aliphatic rings. The van der Waals surface area contributed by atoms with E-state index in [1.54, 1.807) is 4.90 Å². The Hall–Kier alpha value is -1.35. The van der Waals surface area contributed by atoms with Crippen molar-refractivity contribution in [3.63, 3.8) is 0 Å². The number of rotatable bonds is 4. The SMILES string of the molecule is Cc1ccc(N(C)C(=O)CCC2CCNCC2)cc1. The van der Waals surface area contributed by atoms with Crippen LogP contribution in [-0.4, -0.2) is 26.0 Å². The molecule has 1 saturated heterocycles. The van der Waals surface area contributed by atoms with Gasteiger partial charge in [-0.25, -0.2) is 0 Å². The Morgan fingerprint density at radius 3 is 2.53 bits per heavy atom. The highest BCUT2D eigenvalue weighted by Gasteiger charge is 2.16. The second-order valence-electron chi connectivity index (χ2n) is 5.52. The summed E-state index contributed by atoms with van der Waals surface area (Å²) in [5.74, 6) is 0.944. The first-order valence-corrected chi connectivity index (χ1v) is 7.21. The Morgan fingerprint density at radius 2 is 1.89 bits per heavy atom. The third kappa shape index (κ3) is 4.06. The highest BCUT2D eigenvalue weighted by molar-refractivity contribution is 5.92. The van der Waals surface area contributed by atoms with Gasteiger partial charge in [-0.2, -0.15) is 0 Å². The summed E-state index contributed by atoms with van der Waals surface area (Å²) >= 11 is 0. The van der Waals surface area contributed by atoms with E-state index in [9.17, 15) is 4.79 Å². The van der Waals surface area contributed by atoms with E-state index in [1.807, 2.05) is 31.3 Å². The average molecular weight is 260 g/mol. The predicted octanol–water partition coefficient (Wildman–Crippen LogP) is 2.74. The molecule has 0 aromatic heterocycles. The normalized spacial score (nSPS) is 16.3. The number of nitrogens with one attached hydrogen (secondary N) is 1. The highest BCUT2D eigenvalue weighted by Crippen LogP contribution is 2.20. The predicted molar refractivity (Wildman–Crippen MR) is 79.4 cm³/mol. The number of anilines is 1. The van der Waals surface area contributed by atoms with E-state index in [4.69, 9.17) is 0 Å². The minimum atomic E-state index is 0.224. The van der Waals surface area contributed by atoms with E-state index in [0.29, 0.717) is 6.42 Å². The van der Waals surface area contributed by atoms with Gasteiger partial charge in [-0.15, -0.1) is 0 Å². The van der Waals surface area contributed by atoms with Crippen molar-refractivity contribution >= 4 is 11.6 Å². The molecule has 1 aromatic rings. The van der Waals surface area contributed by atoms with Crippen molar-refractivity contribution in [2.24, 2.45) is 5.92 Å². The van der Waals surface area contributed by atoms with Gasteiger partial charge in [-0.05, 0) is 57.3 Å². The number of aryl methyl sites for hydroxylation is 1. The number of hydrogen-bond donors (Lipinski definition) is 1. The van der Waals surface area contributed by atoms with Crippen LogP contribution >= 0.6 is 0 Å². The van der Waals surface area contributed by atoms with Gasteiger partial charge in [0.15, 0.2) is 0 Å². The van der Waals surface area contributed by atoms with E-state index in [1.165, 1.54) is 18.4 Å². The second-order valence-corrected chi connectivity index (χ2v) is 5.52. The zero-order chi connectivity index (χ0) is 13.7. The van der Waals surface area contributed by atoms with Crippen molar-refractivity contribution in [2.45, 2.75) is 32.6 Å². The molecule has 0 saturated carbocycles. The fourth-order valence-corrected chi connectivity index (χ4v) is 2.58. The summed E-state index contributed by atoms with van der Waals surface area (Å²) < 4.78 is 0. The number of hydrogen-bond acceptors (Lipinski definition) is 2. The quantitative estimate of drug-likeness (QED) is 0.903. The molecular formula is C16H24N2O. The fraction of sp³-hybridized carbons (Fsp3) is 0.562. The molecule has 1 aromatic carbocycles. The minimum absolute atomic E-state index is 0.224. The molecule has 0 bridgehead atoms. The molecule has 0 atom stereocenters. The largest absolute Gasteiger partial charge is 0.317 e. The minimum Gasteiger partial charge on any atom is -0.317 e. The van der Waals surface area contributed by atoms with Crippen molar-refractivity contribution in [3.8, 4) is 0 Å². The lowest BCUT2D eigenvalue weighted by atomic mass is 9.93. The Kier molecular flexibility index (Phi) is 4.97. The summed E-state index contributed by atoms with van der Waals surface area (Å²) in [6.07, 6.45) is 4.11. The molecule has 0 radical (unpaired) electrons. The van der Waals surface area contributed by atoms with Gasteiger partial charge in [0.25, 0.3) is 0 Å². The number of nitrogens with zero attached hydrogens (tertiary/aromatic N) is 1. The molecule has 1 heterocycles. The Bertz CT molecular complexity index is 407. The van der Waals surface area contributed by atoms with Crippen LogP contribution in [0.25, 0.3) is 0 Å². The summed E-state index contributed by atoms with van der Waals surface area (Å²) in [5.41, 5.74) is 2.21. The molecule has 1 amide bonds. The number of carbonyl (C=O) groups excluding carboxylic acids is 1. The van der Waals surface area contributed by atoms with Crippen LogP contribution in [0.5, 0.6) is 0 Å². The van der Waals surface area contributed by atoms with E-state index in [2.05, 4.69) is 12.2 Å². The summed E-state index contributed by atoms with van der Waals surface area (Å²) in [6.45, 7) is 4.27. The third-order valence-electron chi connectivity index (χ3n) is 4.02. The third-order valence-corrected chi connectivity index (χ3v) is 4.02. The van der Waals surface area contributed by atoms with Crippen LogP contribution in [-0.2, 0) is 4.79 Å². The van der Waals surface area contributed by atoms with E-state index >= 15 is 0 Å². The van der Waals surface area contributed by atoms with Crippen LogP contribution in [0.15, 0.2) is 24.3 Å². The highest BCUT2D eigenvalue weighted by atomic mass is 16.2. The van der Waals surface area contributed by atoms with Crippen molar-refractivity contribution in [3.05, 3.63) is 29.8 Å². The summed E-state index contributed by atoms with van der Waals surface area (Å²) in [5, 5.41) is 3.36. The lowest BCUT2D eigenvalue weighted by molar-refractivity contribution is -0.118. The first kappa shape index (κ1) is 14.1. The Labute approximate surface area is 116 Å². The molecule has 3 nitrogen and oxygen atoms in total. The zero-order valence-corrected chi connectivity index (χ0v) is 12.0. The zero-order valence-electron chi connectivity index (χ0n) is 12.0. The molecule has 19 heavy (non-hydrogen) atoms. The van der Waals surface area contributed by atoms with Crippen LogP contribution in [0.1, 0.15) is 31.2 Å². The molecule has 1 N–H and O–H groups in total. The number of amides is 1. The second kappa shape index (κ2) is 6.71. The van der Waals surface area contributed by atoms with E-state index < -0.39 is 0 Å². The van der Waals surface area contributed by atoms with Crippen LogP contribution in [0.3, 0.4) is 0 Å². The molecule has 0 aliphatic carbocycles. The molecule has 3 heteroatoms. The molecule has 1 fully saturated rings. The van der Waals surface area contributed by atoms with Gasteiger partial charge in [0.2, 0.25) is 5.91 Å². The van der Waals surface area contributed by atoms with Crippen LogP contribution in [0, 0.1) is 12.8 Å². The number of benzene rings is 1. The lowest BCUT2D eigenvalue weighted by Crippen LogP contribution is -2.30. The van der Waals surface area contributed by atoms with Gasteiger partial charge in [0.05, 0.1) is 0 Å². The van der Waals surface area contributed by atoms with Crippen LogP contribution in [0.2, 0.25) is 0 Å². The molecule has 104 valence electrons. The van der Waals surface area contributed by atoms with Gasteiger partial charge in [-0.1, -0.05) is 17.7 Å². The van der Waals surface area contributed by atoms with Gasteiger partial charge in [0.1, 0.15) is 0 Å². The Balaban J connectivity index is 1.83. The van der Waals surface area contributed by atoms with E-state index in [0.717, 1.165) is 31.1 Å². The Morgan fingerprint density at radius 1 is 1.26 bits per heavy atom. The van der Waals surface area contributed by atoms with Gasteiger partial charge >= 0.3 is 0 Å². The maximum atomic E-state index is 12.2. The molecule has 1 aliphatic heterocycles. The van der Waals surface area contributed by atoms with Gasteiger partial charge in [-0.3, -0.25) is 4.79 Å². The maximum Gasteiger partial charge on any atom is 0.226 e. The topological polar surface area (TPSA) is 32.3 Å². The van der Waals surface area contributed by atoms with Gasteiger partial charge < -0.3 is 10.2 Å². The van der Waals surface area contributed by atoms with Gasteiger partial charge in [0, 0.05) is 19.2 Å². The first-order valence-electron chi connectivity index (χ1n) is 7.21. The monoisotopic (exact) mass is 260 g/mol. The summed E-state index contributed by atoms with van der Waals surface area (Å²) in [6, 6.07) is 8.12. The van der Waals surface area contributed by atoms with Crippen molar-refractivity contribution in [1.29, 1.82) is 0 Å². The molecular weight excluding hydrogens is 236 g/mol. The van der Waals surface area contributed by atoms with Crippen LogP contribution in [0.4, 0.5) is 5.69 Å². The number of piperidine rings is 1. The molecule has 0 unspecified atom stereocenters. The van der Waals surface area contributed by atoms with E-state index in [-0.39, 0.29) is 5.91 Å². The standard InChI is InChI=1S/C16H24N2O/c1-13-3-6-15(7-4-13)18(2)16(19)8-5-14-9-11-17-12-10-14/h3-4,6-7,14,17H,5,8-12H2,1-2H3. The molecule has 0 spiro atoms. The fourth-order valence-electron chi connectivity index (χ4n) is 2.58.